The van der Waals surface area contributed by atoms with Crippen molar-refractivity contribution in [3.63, 3.8) is 0 Å². The molecule has 0 atom stereocenters. The van der Waals surface area contributed by atoms with Gasteiger partial charge in [-0.05, 0) is 38.1 Å². The highest BCUT2D eigenvalue weighted by Gasteiger charge is 2.27. The molecule has 2 heterocycles. The number of nitrogens with zero attached hydrogens (tertiary/aromatic N) is 2. The van der Waals surface area contributed by atoms with Crippen LogP contribution in [0.5, 0.6) is 5.75 Å². The summed E-state index contributed by atoms with van der Waals surface area (Å²) in [5, 5.41) is 2.85. The molecule has 1 aromatic carbocycles. The molecule has 0 unspecified atom stereocenters. The lowest BCUT2D eigenvalue weighted by Crippen LogP contribution is -2.48. The maximum atomic E-state index is 12.4. The van der Waals surface area contributed by atoms with Crippen molar-refractivity contribution >= 4 is 33.5 Å². The summed E-state index contributed by atoms with van der Waals surface area (Å²) in [6.45, 7) is 3.66. The monoisotopic (exact) mass is 404 g/mol. The summed E-state index contributed by atoms with van der Waals surface area (Å²) < 4.78 is 34.9. The Morgan fingerprint density at radius 2 is 2.04 bits per heavy atom. The van der Waals surface area contributed by atoms with Gasteiger partial charge in [0, 0.05) is 11.8 Å². The second-order valence-corrected chi connectivity index (χ2v) is 8.17. The van der Waals surface area contributed by atoms with E-state index in [-0.39, 0.29) is 29.9 Å². The van der Waals surface area contributed by atoms with E-state index in [2.05, 4.69) is 19.4 Å². The van der Waals surface area contributed by atoms with Gasteiger partial charge in [-0.2, -0.15) is 8.42 Å². The second kappa shape index (κ2) is 7.00. The minimum atomic E-state index is -3.87. The van der Waals surface area contributed by atoms with Gasteiger partial charge in [0.2, 0.25) is 0 Å². The normalized spacial score (nSPS) is 15.0. The fourth-order valence-electron chi connectivity index (χ4n) is 2.60. The number of aromatic nitrogens is 1. The average molecular weight is 404 g/mol. The number of nitrogens with one attached hydrogen (secondary N) is 2. The Balaban J connectivity index is 1.74. The number of pyridine rings is 1. The number of carbonyl (C=O) groups excluding carboxylic acids is 1. The summed E-state index contributed by atoms with van der Waals surface area (Å²) in [7, 11) is -3.87. The van der Waals surface area contributed by atoms with Crippen molar-refractivity contribution in [2.75, 3.05) is 17.1 Å². The number of carbonyl (C=O) groups is 1. The molecule has 0 fully saturated rings. The van der Waals surface area contributed by atoms with E-state index < -0.39 is 15.7 Å². The lowest BCUT2D eigenvalue weighted by atomic mass is 10.1. The zero-order valence-electron chi connectivity index (χ0n) is 15.3. The first-order valence-corrected chi connectivity index (χ1v) is 9.69. The number of hydrogen-bond donors (Lipinski definition) is 4. The van der Waals surface area contributed by atoms with Crippen LogP contribution in [0.2, 0.25) is 0 Å². The number of hydrogen-bond acceptors (Lipinski definition) is 7. The van der Waals surface area contributed by atoms with Crippen molar-refractivity contribution in [3.8, 4) is 5.75 Å². The Morgan fingerprint density at radius 3 is 2.75 bits per heavy atom. The fourth-order valence-corrected chi connectivity index (χ4v) is 3.44. The van der Waals surface area contributed by atoms with Gasteiger partial charge in [0.15, 0.2) is 5.84 Å². The molecule has 0 radical (unpaired) electrons. The van der Waals surface area contributed by atoms with E-state index in [4.69, 9.17) is 16.2 Å². The smallest absolute Gasteiger partial charge is 0.344 e. The maximum Gasteiger partial charge on any atom is 0.344 e. The lowest BCUT2D eigenvalue weighted by molar-refractivity contribution is 0.0880. The number of amidine groups is 1. The molecular weight excluding hydrogens is 384 g/mol. The van der Waals surface area contributed by atoms with Gasteiger partial charge < -0.3 is 21.5 Å². The Bertz CT molecular complexity index is 1070. The Morgan fingerprint density at radius 1 is 1.29 bits per heavy atom. The number of anilines is 2. The molecule has 0 bridgehead atoms. The zero-order chi connectivity index (χ0) is 20.5. The number of nitrogen functional groups attached to an aromatic ring is 1. The summed E-state index contributed by atoms with van der Waals surface area (Å²) in [5.74, 6) is 0.0940. The van der Waals surface area contributed by atoms with E-state index >= 15 is 0 Å². The van der Waals surface area contributed by atoms with Crippen molar-refractivity contribution in [2.45, 2.75) is 19.4 Å². The number of rotatable bonds is 5. The maximum absolute atomic E-state index is 12.4. The fraction of sp³-hybridized carbons (Fsp3) is 0.235. The first-order chi connectivity index (χ1) is 13.1. The van der Waals surface area contributed by atoms with Crippen LogP contribution < -0.4 is 26.2 Å². The molecular formula is C17H20N6O4S. The van der Waals surface area contributed by atoms with E-state index in [1.54, 1.807) is 38.1 Å². The van der Waals surface area contributed by atoms with Crippen LogP contribution in [0.25, 0.3) is 0 Å². The van der Waals surface area contributed by atoms with Crippen LogP contribution in [0, 0.1) is 0 Å². The minimum Gasteiger partial charge on any atom is -0.490 e. The van der Waals surface area contributed by atoms with Crippen molar-refractivity contribution < 1.29 is 17.9 Å². The number of fused-ring (bicyclic) bond motifs is 1. The third kappa shape index (κ3) is 4.31. The molecule has 1 aromatic heterocycles. The van der Waals surface area contributed by atoms with Gasteiger partial charge in [0.05, 0.1) is 16.8 Å². The van der Waals surface area contributed by atoms with Gasteiger partial charge in [-0.3, -0.25) is 9.52 Å². The van der Waals surface area contributed by atoms with E-state index in [0.29, 0.717) is 16.9 Å². The molecule has 28 heavy (non-hydrogen) atoms. The number of ether oxygens (including phenoxy) is 1. The van der Waals surface area contributed by atoms with E-state index in [0.717, 1.165) is 0 Å². The van der Waals surface area contributed by atoms with Crippen LogP contribution in [0.1, 0.15) is 29.8 Å². The molecule has 148 valence electrons. The van der Waals surface area contributed by atoms with Crippen LogP contribution in [0.4, 0.5) is 11.5 Å². The second-order valence-electron chi connectivity index (χ2n) is 6.83. The molecule has 1 aliphatic rings. The summed E-state index contributed by atoms with van der Waals surface area (Å²) in [6.07, 6.45) is 1.45. The van der Waals surface area contributed by atoms with Gasteiger partial charge in [-0.25, -0.2) is 4.98 Å². The van der Waals surface area contributed by atoms with Gasteiger partial charge in [-0.15, -0.1) is 4.40 Å². The highest BCUT2D eigenvalue weighted by Crippen LogP contribution is 2.30. The summed E-state index contributed by atoms with van der Waals surface area (Å²) in [4.78, 5) is 16.3. The van der Waals surface area contributed by atoms with E-state index in [1.807, 2.05) is 0 Å². The van der Waals surface area contributed by atoms with Crippen LogP contribution >= 0.6 is 0 Å². The molecule has 0 spiro atoms. The molecule has 11 heteroatoms. The molecule has 0 aliphatic carbocycles. The number of amides is 1. The molecule has 2 aromatic rings. The standard InChI is InChI=1S/C17H20N6O4S/c1-17(2,21-16(24)10-6-7-20-13(18)8-10)9-27-12-5-3-4-11-14(12)15(19)23-28(25,26)22-11/h3-8,22H,9H2,1-2H3,(H2,18,20)(H2,19,23)(H,21,24). The highest BCUT2D eigenvalue weighted by atomic mass is 32.2. The van der Waals surface area contributed by atoms with E-state index in [1.165, 1.54) is 12.3 Å². The lowest BCUT2D eigenvalue weighted by Gasteiger charge is -2.27. The third-order valence-electron chi connectivity index (χ3n) is 3.82. The minimum absolute atomic E-state index is 0.0930. The highest BCUT2D eigenvalue weighted by molar-refractivity contribution is 7.91. The van der Waals surface area contributed by atoms with Crippen molar-refractivity contribution in [2.24, 2.45) is 10.1 Å². The van der Waals surface area contributed by atoms with Gasteiger partial charge in [0.25, 0.3) is 5.91 Å². The van der Waals surface area contributed by atoms with E-state index in [9.17, 15) is 13.2 Å². The predicted octanol–water partition coefficient (Wildman–Crippen LogP) is 0.627. The molecule has 0 saturated carbocycles. The molecule has 3 rings (SSSR count). The third-order valence-corrected chi connectivity index (χ3v) is 4.74. The summed E-state index contributed by atoms with van der Waals surface area (Å²) in [5.41, 5.74) is 11.7. The molecule has 0 saturated heterocycles. The first-order valence-electron chi connectivity index (χ1n) is 8.25. The van der Waals surface area contributed by atoms with Gasteiger partial charge >= 0.3 is 10.2 Å². The number of benzene rings is 1. The van der Waals surface area contributed by atoms with Crippen LogP contribution in [-0.4, -0.2) is 37.3 Å². The Hall–Kier alpha value is -3.34. The van der Waals surface area contributed by atoms with Crippen LogP contribution in [-0.2, 0) is 10.2 Å². The predicted molar refractivity (Wildman–Crippen MR) is 105 cm³/mol. The van der Waals surface area contributed by atoms with Crippen molar-refractivity contribution in [1.29, 1.82) is 0 Å². The molecule has 10 nitrogen and oxygen atoms in total. The summed E-state index contributed by atoms with van der Waals surface area (Å²) >= 11 is 0. The van der Waals surface area contributed by atoms with Gasteiger partial charge in [-0.1, -0.05) is 6.07 Å². The van der Waals surface area contributed by atoms with Gasteiger partial charge in [0.1, 0.15) is 18.2 Å². The van der Waals surface area contributed by atoms with Crippen LogP contribution in [0.3, 0.4) is 0 Å². The SMILES string of the molecule is CC(C)(COc1cccc2c1C(N)=NS(=O)(=O)N2)NC(=O)c1ccnc(N)c1. The molecule has 6 N–H and O–H groups in total. The Kier molecular flexibility index (Phi) is 4.86. The quantitative estimate of drug-likeness (QED) is 0.568. The van der Waals surface area contributed by atoms with Crippen molar-refractivity contribution in [1.82, 2.24) is 10.3 Å². The Labute approximate surface area is 162 Å². The molecule has 1 aliphatic heterocycles. The van der Waals surface area contributed by atoms with Crippen molar-refractivity contribution in [3.05, 3.63) is 47.7 Å². The largest absolute Gasteiger partial charge is 0.490 e. The average Bonchev–Trinajstić information content (AvgIpc) is 2.58. The summed E-state index contributed by atoms with van der Waals surface area (Å²) in [6, 6.07) is 7.85. The van der Waals surface area contributed by atoms with Crippen LogP contribution in [0.15, 0.2) is 40.9 Å². The molecule has 1 amide bonds. The first kappa shape index (κ1) is 19.4. The zero-order valence-corrected chi connectivity index (χ0v) is 16.1. The number of nitrogens with two attached hydrogens (primary N) is 2. The topological polar surface area (TPSA) is 162 Å².